The third-order valence-electron chi connectivity index (χ3n) is 3.24. The third kappa shape index (κ3) is 4.34. The van der Waals surface area contributed by atoms with Gasteiger partial charge in [0.25, 0.3) is 0 Å². The van der Waals surface area contributed by atoms with Crippen molar-refractivity contribution in [3.05, 3.63) is 62.7 Å². The summed E-state index contributed by atoms with van der Waals surface area (Å²) in [5, 5.41) is 2.86. The Morgan fingerprint density at radius 1 is 1.18 bits per heavy atom. The van der Waals surface area contributed by atoms with Crippen LogP contribution in [-0.4, -0.2) is 13.0 Å². The van der Waals surface area contributed by atoms with Gasteiger partial charge in [0, 0.05) is 20.9 Å². The number of benzene rings is 2. The highest BCUT2D eigenvalue weighted by Gasteiger charge is 2.03. The largest absolute Gasteiger partial charge is 0.496 e. The molecule has 0 heterocycles. The van der Waals surface area contributed by atoms with Crippen LogP contribution in [0.2, 0.25) is 0 Å². The second-order valence-corrected chi connectivity index (χ2v) is 6.19. The van der Waals surface area contributed by atoms with Crippen molar-refractivity contribution >= 4 is 40.3 Å². The lowest BCUT2D eigenvalue weighted by Gasteiger charge is -2.06. The van der Waals surface area contributed by atoms with Crippen molar-refractivity contribution in [2.45, 2.75) is 13.8 Å². The van der Waals surface area contributed by atoms with Gasteiger partial charge in [-0.05, 0) is 72.3 Å². The van der Waals surface area contributed by atoms with Gasteiger partial charge >= 0.3 is 0 Å². The fourth-order valence-corrected chi connectivity index (χ4v) is 2.52. The molecule has 0 aliphatic rings. The molecule has 2 aromatic carbocycles. The molecule has 0 unspecified atom stereocenters. The van der Waals surface area contributed by atoms with Gasteiger partial charge in [-0.2, -0.15) is 0 Å². The van der Waals surface area contributed by atoms with E-state index < -0.39 is 0 Å². The number of carbonyl (C=O) groups is 1. The quantitative estimate of drug-likeness (QED) is 0.596. The van der Waals surface area contributed by atoms with Gasteiger partial charge in [0.15, 0.2) is 0 Å². The highest BCUT2D eigenvalue weighted by molar-refractivity contribution is 14.1. The number of aryl methyl sites for hydroxylation is 2. The second-order valence-electron chi connectivity index (χ2n) is 5.03. The first kappa shape index (κ1) is 16.5. The van der Waals surface area contributed by atoms with E-state index >= 15 is 0 Å². The summed E-state index contributed by atoms with van der Waals surface area (Å²) >= 11 is 2.25. The first-order valence-electron chi connectivity index (χ1n) is 6.89. The SMILES string of the molecule is COc1ccc(C)cc1/C=C/C(=O)Nc1ccc(C)c(I)c1. The van der Waals surface area contributed by atoms with Crippen LogP contribution in [0.4, 0.5) is 5.69 Å². The van der Waals surface area contributed by atoms with Crippen LogP contribution in [0, 0.1) is 17.4 Å². The van der Waals surface area contributed by atoms with Gasteiger partial charge in [0.05, 0.1) is 7.11 Å². The van der Waals surface area contributed by atoms with Gasteiger partial charge < -0.3 is 10.1 Å². The Morgan fingerprint density at radius 2 is 1.95 bits per heavy atom. The molecule has 0 radical (unpaired) electrons. The molecule has 1 amide bonds. The van der Waals surface area contributed by atoms with Crippen LogP contribution in [0.3, 0.4) is 0 Å². The van der Waals surface area contributed by atoms with Crippen molar-refractivity contribution < 1.29 is 9.53 Å². The van der Waals surface area contributed by atoms with Crippen LogP contribution < -0.4 is 10.1 Å². The van der Waals surface area contributed by atoms with E-state index in [-0.39, 0.29) is 5.91 Å². The number of halogens is 1. The lowest BCUT2D eigenvalue weighted by atomic mass is 10.1. The molecule has 4 heteroatoms. The molecule has 0 fully saturated rings. The van der Waals surface area contributed by atoms with Crippen molar-refractivity contribution in [1.82, 2.24) is 0 Å². The summed E-state index contributed by atoms with van der Waals surface area (Å²) in [5.74, 6) is 0.586. The molecule has 1 N–H and O–H groups in total. The molecular formula is C18H18INO2. The van der Waals surface area contributed by atoms with Crippen molar-refractivity contribution in [1.29, 1.82) is 0 Å². The Morgan fingerprint density at radius 3 is 2.64 bits per heavy atom. The van der Waals surface area contributed by atoms with E-state index in [0.29, 0.717) is 0 Å². The van der Waals surface area contributed by atoms with Crippen LogP contribution in [0.15, 0.2) is 42.5 Å². The van der Waals surface area contributed by atoms with Crippen LogP contribution in [0.1, 0.15) is 16.7 Å². The minimum Gasteiger partial charge on any atom is -0.496 e. The zero-order chi connectivity index (χ0) is 16.1. The molecule has 0 aromatic heterocycles. The van der Waals surface area contributed by atoms with E-state index in [1.54, 1.807) is 13.2 Å². The molecule has 0 aliphatic heterocycles. The van der Waals surface area contributed by atoms with Gasteiger partial charge in [-0.3, -0.25) is 4.79 Å². The number of carbonyl (C=O) groups excluding carboxylic acids is 1. The molecule has 3 nitrogen and oxygen atoms in total. The van der Waals surface area contributed by atoms with Crippen molar-refractivity contribution in [3.8, 4) is 5.75 Å². The molecular weight excluding hydrogens is 389 g/mol. The number of anilines is 1. The Hall–Kier alpha value is -1.82. The van der Waals surface area contributed by atoms with Crippen molar-refractivity contribution in [2.75, 3.05) is 12.4 Å². The fraction of sp³-hybridized carbons (Fsp3) is 0.167. The van der Waals surface area contributed by atoms with Gasteiger partial charge in [-0.1, -0.05) is 17.7 Å². The molecule has 2 aromatic rings. The molecule has 0 aliphatic carbocycles. The lowest BCUT2D eigenvalue weighted by molar-refractivity contribution is -0.111. The zero-order valence-electron chi connectivity index (χ0n) is 12.8. The fourth-order valence-electron chi connectivity index (χ4n) is 2.00. The Labute approximate surface area is 144 Å². The summed E-state index contributed by atoms with van der Waals surface area (Å²) in [6.07, 6.45) is 3.28. The van der Waals surface area contributed by atoms with Crippen LogP contribution >= 0.6 is 22.6 Å². The first-order chi connectivity index (χ1) is 10.5. The number of amides is 1. The molecule has 22 heavy (non-hydrogen) atoms. The average molecular weight is 407 g/mol. The predicted molar refractivity (Wildman–Crippen MR) is 99.3 cm³/mol. The molecule has 0 bridgehead atoms. The van der Waals surface area contributed by atoms with Crippen molar-refractivity contribution in [3.63, 3.8) is 0 Å². The monoisotopic (exact) mass is 407 g/mol. The maximum absolute atomic E-state index is 12.0. The summed E-state index contributed by atoms with van der Waals surface area (Å²) in [7, 11) is 1.62. The minimum atomic E-state index is -0.164. The average Bonchev–Trinajstić information content (AvgIpc) is 2.49. The summed E-state index contributed by atoms with van der Waals surface area (Å²) < 4.78 is 6.42. The molecule has 0 saturated heterocycles. The number of nitrogens with one attached hydrogen (secondary N) is 1. The smallest absolute Gasteiger partial charge is 0.248 e. The number of hydrogen-bond acceptors (Lipinski definition) is 2. The summed E-state index contributed by atoms with van der Waals surface area (Å²) in [6, 6.07) is 11.7. The van der Waals surface area contributed by atoms with Gasteiger partial charge in [0.2, 0.25) is 5.91 Å². The van der Waals surface area contributed by atoms with Gasteiger partial charge in [-0.25, -0.2) is 0 Å². The predicted octanol–water partition coefficient (Wildman–Crippen LogP) is 4.57. The van der Waals surface area contributed by atoms with E-state index in [9.17, 15) is 4.79 Å². The van der Waals surface area contributed by atoms with E-state index in [0.717, 1.165) is 26.1 Å². The molecule has 114 valence electrons. The van der Waals surface area contributed by atoms with Crippen LogP contribution in [0.5, 0.6) is 5.75 Å². The van der Waals surface area contributed by atoms with Gasteiger partial charge in [0.1, 0.15) is 5.75 Å². The van der Waals surface area contributed by atoms with Crippen LogP contribution in [0.25, 0.3) is 6.08 Å². The highest BCUT2D eigenvalue weighted by Crippen LogP contribution is 2.21. The molecule has 0 spiro atoms. The Kier molecular flexibility index (Phi) is 5.60. The zero-order valence-corrected chi connectivity index (χ0v) is 15.0. The summed E-state index contributed by atoms with van der Waals surface area (Å²) in [4.78, 5) is 12.0. The van der Waals surface area contributed by atoms with E-state index in [1.807, 2.05) is 50.2 Å². The van der Waals surface area contributed by atoms with Crippen LogP contribution in [-0.2, 0) is 4.79 Å². The van der Waals surface area contributed by atoms with E-state index in [1.165, 1.54) is 11.6 Å². The topological polar surface area (TPSA) is 38.3 Å². The summed E-state index contributed by atoms with van der Waals surface area (Å²) in [6.45, 7) is 4.04. The normalized spacial score (nSPS) is 10.7. The molecule has 0 atom stereocenters. The Balaban J connectivity index is 2.11. The van der Waals surface area contributed by atoms with E-state index in [4.69, 9.17) is 4.74 Å². The Bertz CT molecular complexity index is 723. The minimum absolute atomic E-state index is 0.164. The van der Waals surface area contributed by atoms with E-state index in [2.05, 4.69) is 27.9 Å². The van der Waals surface area contributed by atoms with Gasteiger partial charge in [-0.15, -0.1) is 0 Å². The molecule has 0 saturated carbocycles. The number of methoxy groups -OCH3 is 1. The highest BCUT2D eigenvalue weighted by atomic mass is 127. The van der Waals surface area contributed by atoms with Crippen molar-refractivity contribution in [2.24, 2.45) is 0 Å². The standard InChI is InChI=1S/C18H18INO2/c1-12-4-8-17(22-3)14(10-12)6-9-18(21)20-15-7-5-13(2)16(19)11-15/h4-11H,1-3H3,(H,20,21)/b9-6+. The molecule has 2 rings (SSSR count). The summed E-state index contributed by atoms with van der Waals surface area (Å²) in [5.41, 5.74) is 3.99. The number of hydrogen-bond donors (Lipinski definition) is 1. The lowest BCUT2D eigenvalue weighted by Crippen LogP contribution is -2.08. The first-order valence-corrected chi connectivity index (χ1v) is 7.97. The number of rotatable bonds is 4. The maximum Gasteiger partial charge on any atom is 0.248 e. The maximum atomic E-state index is 12.0. The number of ether oxygens (including phenoxy) is 1. The second kappa shape index (κ2) is 7.45. The third-order valence-corrected chi connectivity index (χ3v) is 4.40.